The predicted molar refractivity (Wildman–Crippen MR) is 104 cm³/mol. The molecule has 2 aromatic rings. The molecule has 1 aliphatic carbocycles. The van der Waals surface area contributed by atoms with Crippen molar-refractivity contribution in [1.82, 2.24) is 15.1 Å². The molecule has 142 valence electrons. The highest BCUT2D eigenvalue weighted by molar-refractivity contribution is 5.95. The van der Waals surface area contributed by atoms with Crippen molar-refractivity contribution in [1.29, 1.82) is 0 Å². The molecule has 1 amide bonds. The highest BCUT2D eigenvalue weighted by Crippen LogP contribution is 2.39. The van der Waals surface area contributed by atoms with Crippen molar-refractivity contribution in [2.24, 2.45) is 11.7 Å². The maximum Gasteiger partial charge on any atom is 0.276 e. The van der Waals surface area contributed by atoms with E-state index in [1.807, 2.05) is 31.2 Å². The Bertz CT molecular complexity index is 768. The fourth-order valence-corrected chi connectivity index (χ4v) is 3.03. The first-order valence-corrected chi connectivity index (χ1v) is 8.75. The van der Waals surface area contributed by atoms with Gasteiger partial charge in [0.2, 0.25) is 0 Å². The van der Waals surface area contributed by atoms with E-state index in [-0.39, 0.29) is 23.9 Å². The van der Waals surface area contributed by atoms with E-state index in [1.165, 1.54) is 16.4 Å². The van der Waals surface area contributed by atoms with E-state index >= 15 is 0 Å². The van der Waals surface area contributed by atoms with E-state index in [0.717, 1.165) is 18.5 Å². The molecule has 0 saturated heterocycles. The molecule has 1 heterocycles. The van der Waals surface area contributed by atoms with Crippen LogP contribution in [0.1, 0.15) is 55.6 Å². The van der Waals surface area contributed by atoms with Gasteiger partial charge in [-0.3, -0.25) is 4.79 Å². The number of amides is 1. The molecule has 3 rings (SSSR count). The molecule has 0 spiro atoms. The minimum Gasteiger partial charge on any atom is -0.504 e. The molecule has 4 N–H and O–H groups in total. The van der Waals surface area contributed by atoms with Crippen molar-refractivity contribution in [3.8, 4) is 11.4 Å². The highest BCUT2D eigenvalue weighted by Gasteiger charge is 2.42. The van der Waals surface area contributed by atoms with Crippen LogP contribution in [0, 0.1) is 5.92 Å². The van der Waals surface area contributed by atoms with Crippen molar-refractivity contribution >= 4 is 18.3 Å². The van der Waals surface area contributed by atoms with E-state index in [9.17, 15) is 9.90 Å². The molecule has 1 fully saturated rings. The Labute approximate surface area is 160 Å². The van der Waals surface area contributed by atoms with Crippen molar-refractivity contribution < 1.29 is 9.90 Å². The first-order chi connectivity index (χ1) is 11.8. The van der Waals surface area contributed by atoms with Crippen LogP contribution in [0.25, 0.3) is 5.69 Å². The van der Waals surface area contributed by atoms with Crippen LogP contribution in [-0.2, 0) is 0 Å². The number of aromatic hydroxyl groups is 1. The van der Waals surface area contributed by atoms with Crippen LogP contribution in [0.5, 0.6) is 5.75 Å². The van der Waals surface area contributed by atoms with Gasteiger partial charge in [0.15, 0.2) is 11.4 Å². The monoisotopic (exact) mass is 378 g/mol. The summed E-state index contributed by atoms with van der Waals surface area (Å²) in [7, 11) is 0. The SMILES string of the molecule is CC(C)c1ccc(-n2cc(O)c(C(=O)NC(C)(CN)C3CC3)n2)cc1.Cl. The Balaban J connectivity index is 0.00000243. The number of carbonyl (C=O) groups is 1. The number of nitrogens with one attached hydrogen (secondary N) is 1. The van der Waals surface area contributed by atoms with E-state index in [0.29, 0.717) is 18.4 Å². The molecule has 0 aliphatic heterocycles. The van der Waals surface area contributed by atoms with Crippen LogP contribution in [0.4, 0.5) is 0 Å². The zero-order valence-corrected chi connectivity index (χ0v) is 16.2. The third-order valence-electron chi connectivity index (χ3n) is 5.04. The fourth-order valence-electron chi connectivity index (χ4n) is 3.03. The van der Waals surface area contributed by atoms with Gasteiger partial charge >= 0.3 is 0 Å². The third-order valence-corrected chi connectivity index (χ3v) is 5.04. The summed E-state index contributed by atoms with van der Waals surface area (Å²) in [5, 5.41) is 17.4. The normalized spacial score (nSPS) is 16.0. The number of nitrogens with zero attached hydrogens (tertiary/aromatic N) is 2. The minimum atomic E-state index is -0.452. The van der Waals surface area contributed by atoms with Crippen molar-refractivity contribution in [3.63, 3.8) is 0 Å². The second kappa shape index (κ2) is 7.68. The van der Waals surface area contributed by atoms with Gasteiger partial charge in [-0.15, -0.1) is 12.4 Å². The van der Waals surface area contributed by atoms with E-state index < -0.39 is 11.4 Å². The van der Waals surface area contributed by atoms with Crippen LogP contribution < -0.4 is 11.1 Å². The van der Waals surface area contributed by atoms with Gasteiger partial charge in [0.05, 0.1) is 17.4 Å². The van der Waals surface area contributed by atoms with Gasteiger partial charge in [-0.05, 0) is 49.3 Å². The topological polar surface area (TPSA) is 93.2 Å². The number of aromatic nitrogens is 2. The predicted octanol–water partition coefficient (Wildman–Crippen LogP) is 2.98. The van der Waals surface area contributed by atoms with E-state index in [4.69, 9.17) is 5.73 Å². The molecule has 7 heteroatoms. The lowest BCUT2D eigenvalue weighted by Gasteiger charge is -2.29. The smallest absolute Gasteiger partial charge is 0.276 e. The number of rotatable bonds is 6. The molecule has 26 heavy (non-hydrogen) atoms. The lowest BCUT2D eigenvalue weighted by Crippen LogP contribution is -2.53. The zero-order valence-electron chi connectivity index (χ0n) is 15.4. The molecular formula is C19H27ClN4O2. The van der Waals surface area contributed by atoms with Crippen molar-refractivity contribution in [2.75, 3.05) is 6.54 Å². The maximum atomic E-state index is 12.6. The summed E-state index contributed by atoms with van der Waals surface area (Å²) >= 11 is 0. The summed E-state index contributed by atoms with van der Waals surface area (Å²) in [6.45, 7) is 6.57. The Kier molecular flexibility index (Phi) is 5.98. The van der Waals surface area contributed by atoms with Gasteiger partial charge in [0.25, 0.3) is 5.91 Å². The molecular weight excluding hydrogens is 352 g/mol. The van der Waals surface area contributed by atoms with Crippen molar-refractivity contribution in [2.45, 2.75) is 45.1 Å². The first-order valence-electron chi connectivity index (χ1n) is 8.75. The second-order valence-corrected chi connectivity index (χ2v) is 7.40. The summed E-state index contributed by atoms with van der Waals surface area (Å²) in [6.07, 6.45) is 3.59. The Morgan fingerprint density at radius 1 is 1.38 bits per heavy atom. The first kappa shape index (κ1) is 20.3. The van der Waals surface area contributed by atoms with E-state index in [1.54, 1.807) is 0 Å². The molecule has 1 atom stereocenters. The Hall–Kier alpha value is -2.05. The molecule has 1 unspecified atom stereocenters. The number of halogens is 1. The Morgan fingerprint density at radius 2 is 2.00 bits per heavy atom. The highest BCUT2D eigenvalue weighted by atomic mass is 35.5. The lowest BCUT2D eigenvalue weighted by molar-refractivity contribution is 0.0889. The van der Waals surface area contributed by atoms with Gasteiger partial charge in [0, 0.05) is 6.54 Å². The standard InChI is InChI=1S/C19H26N4O2.ClH/c1-12(2)13-4-8-15(9-5-13)23-10-16(24)17(22-23)18(25)21-19(3,11-20)14-6-7-14;/h4-5,8-10,12,14,24H,6-7,11,20H2,1-3H3,(H,21,25);1H. The number of nitrogens with two attached hydrogens (primary N) is 1. The summed E-state index contributed by atoms with van der Waals surface area (Å²) in [5.74, 6) is 0.308. The quantitative estimate of drug-likeness (QED) is 0.720. The summed E-state index contributed by atoms with van der Waals surface area (Å²) < 4.78 is 1.52. The average Bonchev–Trinajstić information content (AvgIpc) is 3.38. The molecule has 1 aromatic heterocycles. The minimum absolute atomic E-state index is 0. The van der Waals surface area contributed by atoms with Crippen LogP contribution in [0.2, 0.25) is 0 Å². The molecule has 1 aliphatic rings. The molecule has 0 bridgehead atoms. The Morgan fingerprint density at radius 3 is 2.50 bits per heavy atom. The molecule has 1 aromatic carbocycles. The maximum absolute atomic E-state index is 12.6. The molecule has 1 saturated carbocycles. The van der Waals surface area contributed by atoms with Crippen molar-refractivity contribution in [3.05, 3.63) is 41.7 Å². The van der Waals surface area contributed by atoms with Crippen LogP contribution in [-0.4, -0.2) is 32.9 Å². The lowest BCUT2D eigenvalue weighted by atomic mass is 9.96. The summed E-state index contributed by atoms with van der Waals surface area (Å²) in [4.78, 5) is 12.6. The third kappa shape index (κ3) is 4.02. The van der Waals surface area contributed by atoms with Crippen LogP contribution >= 0.6 is 12.4 Å². The summed E-state index contributed by atoms with van der Waals surface area (Å²) in [5.41, 5.74) is 7.43. The number of benzene rings is 1. The van der Waals surface area contributed by atoms with Crippen LogP contribution in [0.15, 0.2) is 30.5 Å². The number of carbonyl (C=O) groups excluding carboxylic acids is 1. The van der Waals surface area contributed by atoms with Crippen LogP contribution in [0.3, 0.4) is 0 Å². The van der Waals surface area contributed by atoms with Gasteiger partial charge in [-0.2, -0.15) is 5.10 Å². The van der Waals surface area contributed by atoms with Gasteiger partial charge in [-0.25, -0.2) is 4.68 Å². The number of hydrogen-bond acceptors (Lipinski definition) is 4. The molecule has 6 nitrogen and oxygen atoms in total. The number of hydrogen-bond donors (Lipinski definition) is 3. The zero-order chi connectivity index (χ0) is 18.2. The van der Waals surface area contributed by atoms with Gasteiger partial charge in [-0.1, -0.05) is 26.0 Å². The fraction of sp³-hybridized carbons (Fsp3) is 0.474. The second-order valence-electron chi connectivity index (χ2n) is 7.40. The van der Waals surface area contributed by atoms with Gasteiger partial charge in [0.1, 0.15) is 0 Å². The molecule has 0 radical (unpaired) electrons. The largest absolute Gasteiger partial charge is 0.504 e. The van der Waals surface area contributed by atoms with Gasteiger partial charge < -0.3 is 16.2 Å². The summed E-state index contributed by atoms with van der Waals surface area (Å²) in [6, 6.07) is 7.91. The van der Waals surface area contributed by atoms with E-state index in [2.05, 4.69) is 24.3 Å². The average molecular weight is 379 g/mol.